The fourth-order valence-corrected chi connectivity index (χ4v) is 6.66. The van der Waals surface area contributed by atoms with Gasteiger partial charge in [0.05, 0.1) is 17.1 Å². The second-order valence-corrected chi connectivity index (χ2v) is 11.4. The number of thiazole rings is 1. The van der Waals surface area contributed by atoms with Crippen molar-refractivity contribution in [2.75, 3.05) is 24.4 Å². The minimum absolute atomic E-state index is 0.0254. The molecule has 0 saturated carbocycles. The van der Waals surface area contributed by atoms with Crippen LogP contribution < -0.4 is 9.46 Å². The average Bonchev–Trinajstić information content (AvgIpc) is 3.38. The highest BCUT2D eigenvalue weighted by molar-refractivity contribution is 7.92. The van der Waals surface area contributed by atoms with Crippen LogP contribution in [0.15, 0.2) is 58.3 Å². The molecular weight excluding hydrogens is 540 g/mol. The van der Waals surface area contributed by atoms with Crippen LogP contribution in [-0.2, 0) is 10.0 Å². The lowest BCUT2D eigenvalue weighted by atomic mass is 9.79. The average molecular weight is 568 g/mol. The van der Waals surface area contributed by atoms with Crippen LogP contribution in [-0.4, -0.2) is 44.0 Å². The number of rotatable bonds is 10. The zero-order valence-electron chi connectivity index (χ0n) is 20.5. The Morgan fingerprint density at radius 1 is 1.19 bits per heavy atom. The highest BCUT2D eigenvalue weighted by Crippen LogP contribution is 2.38. The maximum Gasteiger partial charge on any atom is 0.266 e. The van der Waals surface area contributed by atoms with Gasteiger partial charge in [-0.05, 0) is 55.3 Å². The Morgan fingerprint density at radius 2 is 1.92 bits per heavy atom. The van der Waals surface area contributed by atoms with Gasteiger partial charge in [0.25, 0.3) is 10.0 Å². The van der Waals surface area contributed by atoms with Crippen LogP contribution in [0.3, 0.4) is 0 Å². The number of nitrogens with one attached hydrogen (secondary N) is 1. The molecule has 0 unspecified atom stereocenters. The number of allylic oxidation sites excluding steroid dienone is 1. The Kier molecular flexibility index (Phi) is 8.84. The lowest BCUT2D eigenvalue weighted by Gasteiger charge is -2.39. The van der Waals surface area contributed by atoms with Crippen LogP contribution in [0.25, 0.3) is 5.57 Å². The first-order chi connectivity index (χ1) is 17.7. The van der Waals surface area contributed by atoms with Gasteiger partial charge in [0.15, 0.2) is 5.82 Å². The number of aromatic nitrogens is 1. The van der Waals surface area contributed by atoms with Crippen LogP contribution in [0.5, 0.6) is 5.75 Å². The summed E-state index contributed by atoms with van der Waals surface area (Å²) in [6.45, 7) is 6.09. The fourth-order valence-electron chi connectivity index (χ4n) is 4.74. The number of benzene rings is 2. The van der Waals surface area contributed by atoms with Crippen LogP contribution in [0, 0.1) is 17.6 Å². The van der Waals surface area contributed by atoms with Crippen molar-refractivity contribution in [1.82, 2.24) is 9.88 Å². The lowest BCUT2D eigenvalue weighted by Crippen LogP contribution is -2.44. The van der Waals surface area contributed by atoms with Crippen molar-refractivity contribution >= 4 is 44.4 Å². The second-order valence-electron chi connectivity index (χ2n) is 8.64. The number of hydrogen-bond donors (Lipinski definition) is 1. The van der Waals surface area contributed by atoms with Gasteiger partial charge in [-0.1, -0.05) is 43.7 Å². The van der Waals surface area contributed by atoms with Crippen LogP contribution in [0.1, 0.15) is 32.3 Å². The molecule has 3 aromatic rings. The number of ether oxygens (including phenoxy) is 1. The van der Waals surface area contributed by atoms with Crippen molar-refractivity contribution in [3.8, 4) is 5.75 Å². The van der Waals surface area contributed by atoms with Gasteiger partial charge in [0, 0.05) is 23.4 Å². The highest BCUT2D eigenvalue weighted by Gasteiger charge is 2.33. The molecule has 1 N–H and O–H groups in total. The minimum Gasteiger partial charge on any atom is -0.491 e. The first-order valence-corrected chi connectivity index (χ1v) is 14.8. The number of nitrogens with zero attached hydrogens (tertiary/aromatic N) is 2. The quantitative estimate of drug-likeness (QED) is 0.304. The molecule has 6 nitrogen and oxygen atoms in total. The zero-order valence-corrected chi connectivity index (χ0v) is 22.8. The van der Waals surface area contributed by atoms with Gasteiger partial charge in [-0.3, -0.25) is 4.72 Å². The normalized spacial score (nSPS) is 18.1. The molecule has 2 aromatic carbocycles. The Labute approximate surface area is 225 Å². The van der Waals surface area contributed by atoms with Crippen LogP contribution >= 0.6 is 22.9 Å². The maximum absolute atomic E-state index is 15.0. The van der Waals surface area contributed by atoms with E-state index < -0.39 is 20.7 Å². The van der Waals surface area contributed by atoms with Crippen molar-refractivity contribution in [1.29, 1.82) is 0 Å². The van der Waals surface area contributed by atoms with Crippen molar-refractivity contribution in [2.45, 2.75) is 37.6 Å². The summed E-state index contributed by atoms with van der Waals surface area (Å²) in [5.41, 5.74) is 3.40. The molecule has 0 radical (unpaired) electrons. The van der Waals surface area contributed by atoms with E-state index in [4.69, 9.17) is 16.3 Å². The third-order valence-electron chi connectivity index (χ3n) is 6.52. The van der Waals surface area contributed by atoms with E-state index in [0.717, 1.165) is 49.2 Å². The Morgan fingerprint density at radius 3 is 2.57 bits per heavy atom. The minimum atomic E-state index is -4.23. The predicted octanol–water partition coefficient (Wildman–Crippen LogP) is 6.46. The highest BCUT2D eigenvalue weighted by atomic mass is 35.5. The summed E-state index contributed by atoms with van der Waals surface area (Å²) in [4.78, 5) is 5.63. The smallest absolute Gasteiger partial charge is 0.266 e. The van der Waals surface area contributed by atoms with E-state index in [1.165, 1.54) is 34.4 Å². The van der Waals surface area contributed by atoms with Gasteiger partial charge in [0.1, 0.15) is 22.3 Å². The largest absolute Gasteiger partial charge is 0.491 e. The Bertz CT molecular complexity index is 1350. The van der Waals surface area contributed by atoms with Crippen molar-refractivity contribution in [2.24, 2.45) is 5.92 Å². The van der Waals surface area contributed by atoms with E-state index in [1.54, 1.807) is 12.1 Å². The van der Waals surface area contributed by atoms with Crippen molar-refractivity contribution in [3.63, 3.8) is 0 Å². The van der Waals surface area contributed by atoms with Crippen LogP contribution in [0.2, 0.25) is 5.02 Å². The molecule has 1 aromatic heterocycles. The van der Waals surface area contributed by atoms with Gasteiger partial charge in [0.2, 0.25) is 0 Å². The Balaban J connectivity index is 1.60. The molecule has 1 aliphatic carbocycles. The molecular formula is C26H28ClF2N3O3S2. The molecule has 2 atom stereocenters. The first kappa shape index (κ1) is 27.5. The zero-order chi connectivity index (χ0) is 26.6. The topological polar surface area (TPSA) is 71.5 Å². The van der Waals surface area contributed by atoms with Gasteiger partial charge in [-0.15, -0.1) is 11.3 Å². The van der Waals surface area contributed by atoms with E-state index in [9.17, 15) is 17.2 Å². The van der Waals surface area contributed by atoms with E-state index in [-0.39, 0.29) is 41.0 Å². The molecule has 0 fully saturated rings. The molecule has 0 aliphatic heterocycles. The van der Waals surface area contributed by atoms with E-state index in [2.05, 4.69) is 34.5 Å². The maximum atomic E-state index is 15.0. The molecule has 0 amide bonds. The SMILES string of the molecule is CCN(CC)[C@@H]1CCC=C(c2ccc(F)cc2)[C@H]1COc1cc(F)c(S(=O)(=O)Nc2cscn2)cc1Cl. The summed E-state index contributed by atoms with van der Waals surface area (Å²) in [5.74, 6) is -1.24. The first-order valence-electron chi connectivity index (χ1n) is 12.0. The number of sulfonamides is 1. The summed E-state index contributed by atoms with van der Waals surface area (Å²) >= 11 is 7.57. The second kappa shape index (κ2) is 11.9. The summed E-state index contributed by atoms with van der Waals surface area (Å²) in [6.07, 6.45) is 3.93. The summed E-state index contributed by atoms with van der Waals surface area (Å²) in [6, 6.07) is 8.56. The number of halogens is 3. The van der Waals surface area contributed by atoms with Gasteiger partial charge in [-0.2, -0.15) is 0 Å². The molecule has 0 bridgehead atoms. The molecule has 1 aliphatic rings. The van der Waals surface area contributed by atoms with E-state index in [1.807, 2.05) is 0 Å². The fraction of sp³-hybridized carbons (Fsp3) is 0.346. The predicted molar refractivity (Wildman–Crippen MR) is 144 cm³/mol. The molecule has 0 saturated heterocycles. The summed E-state index contributed by atoms with van der Waals surface area (Å²) in [5, 5.41) is 1.47. The van der Waals surface area contributed by atoms with Crippen molar-refractivity contribution in [3.05, 3.63) is 75.6 Å². The molecule has 0 spiro atoms. The molecule has 37 heavy (non-hydrogen) atoms. The molecule has 4 rings (SSSR count). The third kappa shape index (κ3) is 6.31. The molecule has 1 heterocycles. The molecule has 11 heteroatoms. The van der Waals surface area contributed by atoms with Gasteiger partial charge < -0.3 is 9.64 Å². The third-order valence-corrected chi connectivity index (χ3v) is 8.77. The van der Waals surface area contributed by atoms with Crippen LogP contribution in [0.4, 0.5) is 14.6 Å². The molecule has 198 valence electrons. The van der Waals surface area contributed by atoms with Gasteiger partial charge >= 0.3 is 0 Å². The monoisotopic (exact) mass is 567 g/mol. The number of anilines is 1. The standard InChI is InChI=1S/C26H28ClF2N3O3S2/c1-3-32(4-2)23-7-5-6-19(17-8-10-18(28)11-9-17)20(23)14-35-24-13-22(29)25(12-21(24)27)37(33,34)31-26-15-36-16-30-26/h6,8-13,15-16,20,23,31H,3-5,7,14H2,1-2H3/t20-,23-/m1/s1. The van der Waals surface area contributed by atoms with Crippen molar-refractivity contribution < 1.29 is 21.9 Å². The Hall–Kier alpha value is -2.53. The lowest BCUT2D eigenvalue weighted by molar-refractivity contribution is 0.131. The van der Waals surface area contributed by atoms with E-state index >= 15 is 0 Å². The summed E-state index contributed by atoms with van der Waals surface area (Å²) in [7, 11) is -4.23. The summed E-state index contributed by atoms with van der Waals surface area (Å²) < 4.78 is 62.2. The van der Waals surface area contributed by atoms with E-state index in [0.29, 0.717) is 0 Å². The van der Waals surface area contributed by atoms with Gasteiger partial charge in [-0.25, -0.2) is 22.2 Å². The number of hydrogen-bond acceptors (Lipinski definition) is 6.